The number of methoxy groups -OCH3 is 2. The van der Waals surface area contributed by atoms with E-state index in [1.54, 1.807) is 26.8 Å². The van der Waals surface area contributed by atoms with Crippen LogP contribution in [-0.2, 0) is 23.8 Å². The Hall–Kier alpha value is -2.27. The third-order valence-electron chi connectivity index (χ3n) is 3.04. The monoisotopic (exact) mass is 341 g/mol. The number of amides is 1. The number of alkyl carbamates (subject to hydrolysis) is 1. The van der Waals surface area contributed by atoms with Crippen molar-refractivity contribution in [2.75, 3.05) is 14.2 Å². The van der Waals surface area contributed by atoms with Gasteiger partial charge in [-0.25, -0.2) is 9.59 Å². The van der Waals surface area contributed by atoms with E-state index < -0.39 is 35.6 Å². The zero-order valence-corrected chi connectivity index (χ0v) is 15.0. The van der Waals surface area contributed by atoms with Gasteiger partial charge in [-0.05, 0) is 46.1 Å². The quantitative estimate of drug-likeness (QED) is 0.414. The summed E-state index contributed by atoms with van der Waals surface area (Å²) < 4.78 is 14.6. The lowest BCUT2D eigenvalue weighted by atomic mass is 9.95. The molecule has 7 heteroatoms. The predicted octanol–water partition coefficient (Wildman–Crippen LogP) is 2.35. The van der Waals surface area contributed by atoms with Gasteiger partial charge in [0.25, 0.3) is 0 Å². The minimum Gasteiger partial charge on any atom is -0.469 e. The van der Waals surface area contributed by atoms with E-state index in [0.717, 1.165) is 0 Å². The van der Waals surface area contributed by atoms with E-state index >= 15 is 0 Å². The summed E-state index contributed by atoms with van der Waals surface area (Å²) in [7, 11) is 2.48. The third-order valence-corrected chi connectivity index (χ3v) is 3.04. The Morgan fingerprint density at radius 2 is 1.75 bits per heavy atom. The van der Waals surface area contributed by atoms with Crippen LogP contribution in [0.3, 0.4) is 0 Å². The molecule has 1 amide bonds. The van der Waals surface area contributed by atoms with Gasteiger partial charge in [-0.15, -0.1) is 5.73 Å². The molecule has 0 aromatic carbocycles. The molecule has 0 unspecified atom stereocenters. The largest absolute Gasteiger partial charge is 0.469 e. The fraction of sp³-hybridized carbons (Fsp3) is 0.647. The summed E-state index contributed by atoms with van der Waals surface area (Å²) in [4.78, 5) is 35.7. The Bertz CT molecular complexity index is 488. The van der Waals surface area contributed by atoms with Gasteiger partial charge in [-0.3, -0.25) is 4.79 Å². The van der Waals surface area contributed by atoms with Crippen molar-refractivity contribution in [2.24, 2.45) is 5.92 Å². The Kier molecular flexibility index (Phi) is 9.50. The van der Waals surface area contributed by atoms with Crippen molar-refractivity contribution in [3.8, 4) is 0 Å². The molecule has 0 aliphatic heterocycles. The average Bonchev–Trinajstić information content (AvgIpc) is 2.49. The van der Waals surface area contributed by atoms with Gasteiger partial charge in [0.2, 0.25) is 0 Å². The standard InChI is InChI=1S/C17H27NO6/c1-7-8-9-10-12(14(19)22-5)11-13(15(20)23-6)18-16(21)24-17(2,3)4/h8,12-13H,1,9-11H2,2-6H3,(H,18,21)/t12-,13-/m0/s1. The summed E-state index contributed by atoms with van der Waals surface area (Å²) in [5, 5.41) is 2.44. The SMILES string of the molecule is C=C=CCC[C@@H](C[C@H](NC(=O)OC(C)(C)C)C(=O)OC)C(=O)OC. The van der Waals surface area contributed by atoms with Crippen LogP contribution in [0.25, 0.3) is 0 Å². The van der Waals surface area contributed by atoms with Crippen LogP contribution in [0.1, 0.15) is 40.0 Å². The molecule has 0 aromatic heterocycles. The summed E-state index contributed by atoms with van der Waals surface area (Å²) in [6.07, 6.45) is 1.95. The Labute approximate surface area is 143 Å². The smallest absolute Gasteiger partial charge is 0.408 e. The van der Waals surface area contributed by atoms with Gasteiger partial charge < -0.3 is 19.5 Å². The van der Waals surface area contributed by atoms with E-state index in [2.05, 4.69) is 17.6 Å². The van der Waals surface area contributed by atoms with Crippen LogP contribution in [-0.4, -0.2) is 43.9 Å². The van der Waals surface area contributed by atoms with Crippen LogP contribution in [0, 0.1) is 5.92 Å². The first-order valence-electron chi connectivity index (χ1n) is 7.64. The second-order valence-corrected chi connectivity index (χ2v) is 6.16. The highest BCUT2D eigenvalue weighted by atomic mass is 16.6. The molecule has 0 saturated heterocycles. The molecule has 0 aromatic rings. The molecule has 0 bridgehead atoms. The molecule has 0 fully saturated rings. The molecular formula is C17H27NO6. The lowest BCUT2D eigenvalue weighted by Crippen LogP contribution is -2.45. The molecule has 0 rings (SSSR count). The number of carbonyl (C=O) groups is 3. The number of nitrogens with one attached hydrogen (secondary N) is 1. The highest BCUT2D eigenvalue weighted by Crippen LogP contribution is 2.17. The summed E-state index contributed by atoms with van der Waals surface area (Å²) in [5.74, 6) is -1.71. The second kappa shape index (κ2) is 10.5. The van der Waals surface area contributed by atoms with Gasteiger partial charge in [0, 0.05) is 0 Å². The summed E-state index contributed by atoms with van der Waals surface area (Å²) >= 11 is 0. The summed E-state index contributed by atoms with van der Waals surface area (Å²) in [6.45, 7) is 8.57. The van der Waals surface area contributed by atoms with Crippen molar-refractivity contribution >= 4 is 18.0 Å². The van der Waals surface area contributed by atoms with Crippen molar-refractivity contribution in [3.63, 3.8) is 0 Å². The van der Waals surface area contributed by atoms with Crippen molar-refractivity contribution in [3.05, 3.63) is 18.4 Å². The number of carbonyl (C=O) groups excluding carboxylic acids is 3. The summed E-state index contributed by atoms with van der Waals surface area (Å²) in [5.41, 5.74) is 1.91. The van der Waals surface area contributed by atoms with Crippen LogP contribution >= 0.6 is 0 Å². The average molecular weight is 341 g/mol. The Morgan fingerprint density at radius 1 is 1.17 bits per heavy atom. The van der Waals surface area contributed by atoms with Crippen molar-refractivity contribution < 1.29 is 28.6 Å². The second-order valence-electron chi connectivity index (χ2n) is 6.16. The van der Waals surface area contributed by atoms with E-state index in [-0.39, 0.29) is 6.42 Å². The normalized spacial score (nSPS) is 13.0. The number of esters is 2. The fourth-order valence-electron chi connectivity index (χ4n) is 1.98. The molecule has 0 aliphatic rings. The lowest BCUT2D eigenvalue weighted by Gasteiger charge is -2.24. The molecule has 24 heavy (non-hydrogen) atoms. The molecule has 136 valence electrons. The topological polar surface area (TPSA) is 90.9 Å². The Balaban J connectivity index is 5.05. The van der Waals surface area contributed by atoms with Gasteiger partial charge in [-0.1, -0.05) is 6.58 Å². The maximum atomic E-state index is 11.9. The van der Waals surface area contributed by atoms with Gasteiger partial charge in [0.15, 0.2) is 0 Å². The van der Waals surface area contributed by atoms with Crippen LogP contribution in [0.15, 0.2) is 18.4 Å². The molecular weight excluding hydrogens is 314 g/mol. The number of ether oxygens (including phenoxy) is 3. The van der Waals surface area contributed by atoms with E-state index in [4.69, 9.17) is 14.2 Å². The maximum absolute atomic E-state index is 11.9. The first-order chi connectivity index (χ1) is 11.1. The number of hydrogen-bond donors (Lipinski definition) is 1. The molecule has 0 saturated carbocycles. The highest BCUT2D eigenvalue weighted by molar-refractivity contribution is 5.82. The molecule has 1 N–H and O–H groups in total. The zero-order valence-electron chi connectivity index (χ0n) is 15.0. The zero-order chi connectivity index (χ0) is 18.8. The number of allylic oxidation sites excluding steroid dienone is 1. The molecule has 0 heterocycles. The van der Waals surface area contributed by atoms with Crippen molar-refractivity contribution in [1.82, 2.24) is 5.32 Å². The van der Waals surface area contributed by atoms with Gasteiger partial charge >= 0.3 is 18.0 Å². The minimum absolute atomic E-state index is 0.0452. The maximum Gasteiger partial charge on any atom is 0.408 e. The van der Waals surface area contributed by atoms with E-state index in [1.807, 2.05) is 0 Å². The molecule has 0 radical (unpaired) electrons. The van der Waals surface area contributed by atoms with E-state index in [0.29, 0.717) is 12.8 Å². The van der Waals surface area contributed by atoms with Crippen LogP contribution in [0.2, 0.25) is 0 Å². The van der Waals surface area contributed by atoms with Gasteiger partial charge in [-0.2, -0.15) is 0 Å². The molecule has 7 nitrogen and oxygen atoms in total. The fourth-order valence-corrected chi connectivity index (χ4v) is 1.98. The van der Waals surface area contributed by atoms with Crippen molar-refractivity contribution in [2.45, 2.75) is 51.7 Å². The third kappa shape index (κ3) is 9.00. The van der Waals surface area contributed by atoms with E-state index in [9.17, 15) is 14.4 Å². The van der Waals surface area contributed by atoms with Crippen LogP contribution in [0.4, 0.5) is 4.79 Å². The van der Waals surface area contributed by atoms with Gasteiger partial charge in [0.05, 0.1) is 20.1 Å². The van der Waals surface area contributed by atoms with E-state index in [1.165, 1.54) is 14.2 Å². The first-order valence-corrected chi connectivity index (χ1v) is 7.64. The molecule has 2 atom stereocenters. The molecule has 0 aliphatic carbocycles. The van der Waals surface area contributed by atoms with Gasteiger partial charge in [0.1, 0.15) is 11.6 Å². The van der Waals surface area contributed by atoms with Crippen molar-refractivity contribution in [1.29, 1.82) is 0 Å². The predicted molar refractivity (Wildman–Crippen MR) is 88.2 cm³/mol. The number of rotatable bonds is 8. The summed E-state index contributed by atoms with van der Waals surface area (Å²) in [6, 6.07) is -1.01. The molecule has 0 spiro atoms. The Morgan fingerprint density at radius 3 is 2.21 bits per heavy atom. The van der Waals surface area contributed by atoms with Crippen LogP contribution < -0.4 is 5.32 Å². The lowest BCUT2D eigenvalue weighted by molar-refractivity contribution is -0.148. The number of hydrogen-bond acceptors (Lipinski definition) is 6. The highest BCUT2D eigenvalue weighted by Gasteiger charge is 2.30. The van der Waals surface area contributed by atoms with Crippen LogP contribution in [0.5, 0.6) is 0 Å². The minimum atomic E-state index is -1.01. The first kappa shape index (κ1) is 21.7.